The maximum atomic E-state index is 13.8. The molecule has 1 unspecified atom stereocenters. The Morgan fingerprint density at radius 1 is 1.09 bits per heavy atom. The third-order valence-electron chi connectivity index (χ3n) is 8.09. The van der Waals surface area contributed by atoms with Gasteiger partial charge >= 0.3 is 0 Å². The van der Waals surface area contributed by atoms with Crippen LogP contribution >= 0.6 is 0 Å². The normalized spacial score (nSPS) is 16.3. The van der Waals surface area contributed by atoms with Crippen molar-refractivity contribution in [1.29, 1.82) is 0 Å². The number of aliphatic hydroxyl groups excluding tert-OH is 1. The smallest absolute Gasteiger partial charge is 0.272 e. The van der Waals surface area contributed by atoms with Crippen LogP contribution in [0.15, 0.2) is 77.7 Å². The fourth-order valence-electron chi connectivity index (χ4n) is 5.73. The molecule has 0 aliphatic carbocycles. The van der Waals surface area contributed by atoms with Crippen LogP contribution < -0.4 is 10.6 Å². The topological polar surface area (TPSA) is 121 Å². The second kappa shape index (κ2) is 14.3. The summed E-state index contributed by atoms with van der Waals surface area (Å²) in [6, 6.07) is 14.9. The second-order valence-electron chi connectivity index (χ2n) is 12.0. The number of rotatable bonds is 12. The summed E-state index contributed by atoms with van der Waals surface area (Å²) >= 11 is 0. The van der Waals surface area contributed by atoms with Gasteiger partial charge in [-0.15, -0.1) is 0 Å². The minimum absolute atomic E-state index is 0.0821. The third kappa shape index (κ3) is 8.21. The average Bonchev–Trinajstić information content (AvgIpc) is 3.69. The molecule has 0 spiro atoms. The molecule has 5 rings (SSSR count). The van der Waals surface area contributed by atoms with E-state index >= 15 is 0 Å². The van der Waals surface area contributed by atoms with Gasteiger partial charge in [0.1, 0.15) is 12.3 Å². The standard InChI is InChI=1S/C35H39F2N5O4/c1-22-12-26(16-27(13-22)34(45)42-11-7-10-30(42)33-40-23(2)21-46-33)32(44)41-29(15-24-8-5-4-6-9-24)31(43)20-39-18-25-14-28(19-38-17-25)35(3,36)37/h4-6,8-9,12-14,16-17,19,21,29-31,39,43H,7,10-11,15,18,20H2,1-3H3,(H,41,44)/t29-,30?,31+/m0/s1. The van der Waals surface area contributed by atoms with Crippen molar-refractivity contribution in [3.63, 3.8) is 0 Å². The van der Waals surface area contributed by atoms with Crippen LogP contribution in [-0.2, 0) is 18.9 Å². The van der Waals surface area contributed by atoms with E-state index in [1.54, 1.807) is 29.4 Å². The first-order chi connectivity index (χ1) is 22.0. The Kier molecular flexibility index (Phi) is 10.2. The van der Waals surface area contributed by atoms with Gasteiger partial charge in [-0.25, -0.2) is 13.8 Å². The first-order valence-electron chi connectivity index (χ1n) is 15.4. The largest absolute Gasteiger partial charge is 0.446 e. The first kappa shape index (κ1) is 32.9. The molecule has 1 aliphatic rings. The lowest BCUT2D eigenvalue weighted by Gasteiger charge is -2.25. The van der Waals surface area contributed by atoms with Gasteiger partial charge in [0, 0.05) is 55.6 Å². The number of aliphatic hydroxyl groups is 1. The molecular weight excluding hydrogens is 592 g/mol. The van der Waals surface area contributed by atoms with Gasteiger partial charge in [0.05, 0.1) is 17.8 Å². The third-order valence-corrected chi connectivity index (χ3v) is 8.09. The zero-order valence-corrected chi connectivity index (χ0v) is 26.2. The van der Waals surface area contributed by atoms with Crippen molar-refractivity contribution in [2.45, 2.75) is 70.7 Å². The fraction of sp³-hybridized carbons (Fsp3) is 0.371. The number of nitrogens with zero attached hydrogens (tertiary/aromatic N) is 3. The number of halogens is 2. The number of carbonyl (C=O) groups is 2. The molecule has 3 N–H and O–H groups in total. The van der Waals surface area contributed by atoms with Gasteiger partial charge in [-0.3, -0.25) is 14.6 Å². The van der Waals surface area contributed by atoms with E-state index in [9.17, 15) is 23.5 Å². The van der Waals surface area contributed by atoms with Crippen LogP contribution in [0.5, 0.6) is 0 Å². The Labute approximate surface area is 267 Å². The molecule has 2 aromatic heterocycles. The highest BCUT2D eigenvalue weighted by molar-refractivity contribution is 6.00. The minimum Gasteiger partial charge on any atom is -0.446 e. The number of aromatic nitrogens is 2. The molecule has 3 atom stereocenters. The molecule has 0 radical (unpaired) electrons. The second-order valence-corrected chi connectivity index (χ2v) is 12.0. The van der Waals surface area contributed by atoms with Crippen LogP contribution in [0.2, 0.25) is 0 Å². The Hall–Kier alpha value is -4.48. The first-order valence-corrected chi connectivity index (χ1v) is 15.4. The molecule has 1 aliphatic heterocycles. The van der Waals surface area contributed by atoms with Gasteiger partial charge in [-0.2, -0.15) is 0 Å². The molecule has 0 bridgehead atoms. The molecular formula is C35H39F2N5O4. The molecule has 0 saturated carbocycles. The van der Waals surface area contributed by atoms with Gasteiger partial charge in [-0.05, 0) is 74.1 Å². The van der Waals surface area contributed by atoms with Gasteiger partial charge in [-0.1, -0.05) is 30.3 Å². The summed E-state index contributed by atoms with van der Waals surface area (Å²) in [6.45, 7) is 5.32. The Morgan fingerprint density at radius 2 is 1.85 bits per heavy atom. The number of alkyl halides is 2. The number of nitrogens with one attached hydrogen (secondary N) is 2. The highest BCUT2D eigenvalue weighted by atomic mass is 19.3. The molecule has 4 aromatic rings. The van der Waals surface area contributed by atoms with Crippen LogP contribution in [0.4, 0.5) is 8.78 Å². The number of oxazole rings is 1. The fourth-order valence-corrected chi connectivity index (χ4v) is 5.73. The molecule has 1 fully saturated rings. The Balaban J connectivity index is 1.29. The summed E-state index contributed by atoms with van der Waals surface area (Å²) < 4.78 is 33.1. The lowest BCUT2D eigenvalue weighted by Crippen LogP contribution is -2.48. The highest BCUT2D eigenvalue weighted by Gasteiger charge is 2.34. The van der Waals surface area contributed by atoms with Crippen molar-refractivity contribution < 1.29 is 27.9 Å². The number of hydrogen-bond donors (Lipinski definition) is 3. The molecule has 46 heavy (non-hydrogen) atoms. The van der Waals surface area contributed by atoms with Crippen LogP contribution in [0.1, 0.15) is 80.4 Å². The van der Waals surface area contributed by atoms with Crippen molar-refractivity contribution >= 4 is 11.8 Å². The maximum Gasteiger partial charge on any atom is 0.272 e. The lowest BCUT2D eigenvalue weighted by atomic mass is 9.99. The van der Waals surface area contributed by atoms with Gasteiger partial charge in [0.15, 0.2) is 0 Å². The van der Waals surface area contributed by atoms with E-state index in [1.165, 1.54) is 12.3 Å². The molecule has 1 saturated heterocycles. The van der Waals surface area contributed by atoms with Crippen molar-refractivity contribution in [2.75, 3.05) is 13.1 Å². The SMILES string of the molecule is Cc1cc(C(=O)N[C@@H](Cc2ccccc2)[C@H](O)CNCc2cncc(C(C)(F)F)c2)cc(C(=O)N2CCCC2c2nc(C)co2)c1. The predicted octanol–water partition coefficient (Wildman–Crippen LogP) is 5.27. The molecule has 242 valence electrons. The number of pyridine rings is 1. The van der Waals surface area contributed by atoms with Crippen molar-refractivity contribution in [2.24, 2.45) is 0 Å². The summed E-state index contributed by atoms with van der Waals surface area (Å²) in [4.78, 5) is 37.4. The maximum absolute atomic E-state index is 13.8. The zero-order valence-electron chi connectivity index (χ0n) is 26.2. The van der Waals surface area contributed by atoms with E-state index < -0.39 is 24.0 Å². The van der Waals surface area contributed by atoms with E-state index in [4.69, 9.17) is 4.42 Å². The van der Waals surface area contributed by atoms with E-state index in [0.717, 1.165) is 42.8 Å². The number of likely N-dealkylation sites (tertiary alicyclic amines) is 1. The monoisotopic (exact) mass is 631 g/mol. The van der Waals surface area contributed by atoms with Gasteiger partial charge in [0.2, 0.25) is 5.89 Å². The van der Waals surface area contributed by atoms with Crippen molar-refractivity contribution in [3.05, 3.63) is 118 Å². The molecule has 11 heteroatoms. The zero-order chi connectivity index (χ0) is 32.8. The van der Waals surface area contributed by atoms with E-state index in [2.05, 4.69) is 20.6 Å². The summed E-state index contributed by atoms with van der Waals surface area (Å²) in [7, 11) is 0. The predicted molar refractivity (Wildman–Crippen MR) is 168 cm³/mol. The highest BCUT2D eigenvalue weighted by Crippen LogP contribution is 2.33. The quantitative estimate of drug-likeness (QED) is 0.195. The number of benzene rings is 2. The van der Waals surface area contributed by atoms with Crippen molar-refractivity contribution in [1.82, 2.24) is 25.5 Å². The minimum atomic E-state index is -3.01. The summed E-state index contributed by atoms with van der Waals surface area (Å²) in [6.07, 6.45) is 5.08. The van der Waals surface area contributed by atoms with E-state index in [-0.39, 0.29) is 30.6 Å². The number of aryl methyl sites for hydroxylation is 2. The molecule has 9 nitrogen and oxygen atoms in total. The average molecular weight is 632 g/mol. The van der Waals surface area contributed by atoms with Crippen molar-refractivity contribution in [3.8, 4) is 0 Å². The number of carbonyl (C=O) groups excluding carboxylic acids is 2. The molecule has 3 heterocycles. The Bertz CT molecular complexity index is 1660. The number of hydrogen-bond acceptors (Lipinski definition) is 7. The Morgan fingerprint density at radius 3 is 2.57 bits per heavy atom. The summed E-state index contributed by atoms with van der Waals surface area (Å²) in [5.41, 5.74) is 3.45. The number of amides is 2. The van der Waals surface area contributed by atoms with Crippen LogP contribution in [0, 0.1) is 13.8 Å². The van der Waals surface area contributed by atoms with E-state index in [0.29, 0.717) is 35.5 Å². The summed E-state index contributed by atoms with van der Waals surface area (Å²) in [5.74, 6) is -3.14. The van der Waals surface area contributed by atoms with Gasteiger partial charge in [0.25, 0.3) is 17.7 Å². The summed E-state index contributed by atoms with van der Waals surface area (Å²) in [5, 5.41) is 17.3. The molecule has 2 amide bonds. The van der Waals surface area contributed by atoms with Crippen LogP contribution in [-0.4, -0.2) is 57.0 Å². The van der Waals surface area contributed by atoms with Crippen LogP contribution in [0.3, 0.4) is 0 Å². The molecule has 2 aromatic carbocycles. The van der Waals surface area contributed by atoms with Gasteiger partial charge < -0.3 is 25.1 Å². The lowest BCUT2D eigenvalue weighted by molar-refractivity contribution is 0.0170. The van der Waals surface area contributed by atoms with E-state index in [1.807, 2.05) is 44.2 Å². The van der Waals surface area contributed by atoms with Crippen LogP contribution in [0.25, 0.3) is 0 Å².